The van der Waals surface area contributed by atoms with E-state index in [2.05, 4.69) is 12.6 Å². The van der Waals surface area contributed by atoms with Crippen LogP contribution in [-0.2, 0) is 4.79 Å². The molecule has 0 aromatic carbocycles. The van der Waals surface area contributed by atoms with Crippen molar-refractivity contribution in [2.45, 2.75) is 20.3 Å². The Labute approximate surface area is 67.0 Å². The quantitative estimate of drug-likeness (QED) is 0.617. The largest absolute Gasteiger partial charge is 0.481 e. The number of hydrogen-bond donors (Lipinski definition) is 2. The van der Waals surface area contributed by atoms with Gasteiger partial charge in [-0.3, -0.25) is 4.79 Å². The van der Waals surface area contributed by atoms with Crippen molar-refractivity contribution in [3.05, 3.63) is 0 Å². The maximum absolute atomic E-state index is 10.5. The minimum atomic E-state index is -0.705. The zero-order valence-electron chi connectivity index (χ0n) is 6.37. The molecule has 0 heterocycles. The molecule has 0 aromatic rings. The van der Waals surface area contributed by atoms with E-state index >= 15 is 0 Å². The number of thiol groups is 1. The molecule has 0 amide bonds. The van der Waals surface area contributed by atoms with E-state index in [9.17, 15) is 4.79 Å². The van der Waals surface area contributed by atoms with Crippen LogP contribution in [0, 0.1) is 11.8 Å². The minimum absolute atomic E-state index is 0.213. The van der Waals surface area contributed by atoms with Gasteiger partial charge >= 0.3 is 5.97 Å². The van der Waals surface area contributed by atoms with Crippen LogP contribution < -0.4 is 0 Å². The monoisotopic (exact) mass is 162 g/mol. The summed E-state index contributed by atoms with van der Waals surface area (Å²) < 4.78 is 0. The molecule has 0 aliphatic heterocycles. The van der Waals surface area contributed by atoms with Crippen LogP contribution in [-0.4, -0.2) is 16.8 Å². The lowest BCUT2D eigenvalue weighted by atomic mass is 9.94. The first kappa shape index (κ1) is 9.82. The van der Waals surface area contributed by atoms with Crippen molar-refractivity contribution >= 4 is 18.6 Å². The predicted octanol–water partition coefficient (Wildman–Crippen LogP) is 1.66. The average molecular weight is 162 g/mol. The summed E-state index contributed by atoms with van der Waals surface area (Å²) in [5.41, 5.74) is 0. The van der Waals surface area contributed by atoms with Gasteiger partial charge in [0.05, 0.1) is 5.92 Å². The first-order valence-corrected chi connectivity index (χ1v) is 4.06. The van der Waals surface area contributed by atoms with Gasteiger partial charge in [-0.15, -0.1) is 0 Å². The summed E-state index contributed by atoms with van der Waals surface area (Å²) in [6, 6.07) is 0. The van der Waals surface area contributed by atoms with Crippen LogP contribution >= 0.6 is 12.6 Å². The van der Waals surface area contributed by atoms with Gasteiger partial charge < -0.3 is 5.11 Å². The van der Waals surface area contributed by atoms with Crippen molar-refractivity contribution in [3.63, 3.8) is 0 Å². The van der Waals surface area contributed by atoms with Crippen LogP contribution in [0.4, 0.5) is 0 Å². The van der Waals surface area contributed by atoms with Gasteiger partial charge in [0.1, 0.15) is 0 Å². The van der Waals surface area contributed by atoms with Crippen LogP contribution in [0.15, 0.2) is 0 Å². The second kappa shape index (κ2) is 4.61. The van der Waals surface area contributed by atoms with Gasteiger partial charge in [0.2, 0.25) is 0 Å². The molecule has 0 bridgehead atoms. The lowest BCUT2D eigenvalue weighted by molar-refractivity contribution is -0.143. The number of rotatable bonds is 4. The molecule has 0 saturated heterocycles. The first-order valence-electron chi connectivity index (χ1n) is 3.43. The third-order valence-corrected chi connectivity index (χ3v) is 1.82. The molecule has 0 radical (unpaired) electrons. The zero-order valence-corrected chi connectivity index (χ0v) is 7.27. The third-order valence-electron chi connectivity index (χ3n) is 1.56. The van der Waals surface area contributed by atoms with Crippen LogP contribution in [0.25, 0.3) is 0 Å². The molecule has 0 saturated carbocycles. The summed E-state index contributed by atoms with van der Waals surface area (Å²) in [5, 5.41) is 8.64. The topological polar surface area (TPSA) is 37.3 Å². The molecule has 1 unspecified atom stereocenters. The zero-order chi connectivity index (χ0) is 8.15. The highest BCUT2D eigenvalue weighted by Gasteiger charge is 2.19. The summed E-state index contributed by atoms with van der Waals surface area (Å²) in [5.74, 6) is -0.0685. The van der Waals surface area contributed by atoms with E-state index in [0.717, 1.165) is 0 Å². The highest BCUT2D eigenvalue weighted by Crippen LogP contribution is 2.15. The lowest BCUT2D eigenvalue weighted by Gasteiger charge is -2.13. The first-order chi connectivity index (χ1) is 4.59. The molecule has 0 spiro atoms. The summed E-state index contributed by atoms with van der Waals surface area (Å²) in [6.45, 7) is 3.84. The minimum Gasteiger partial charge on any atom is -0.481 e. The van der Waals surface area contributed by atoms with E-state index in [-0.39, 0.29) is 11.8 Å². The van der Waals surface area contributed by atoms with E-state index in [1.807, 2.05) is 13.8 Å². The van der Waals surface area contributed by atoms with E-state index in [1.54, 1.807) is 0 Å². The molecule has 1 atom stereocenters. The number of carbonyl (C=O) groups is 1. The second-order valence-electron chi connectivity index (χ2n) is 2.70. The molecule has 0 aliphatic carbocycles. The van der Waals surface area contributed by atoms with Crippen molar-refractivity contribution in [3.8, 4) is 0 Å². The molecule has 2 nitrogen and oxygen atoms in total. The molecular formula is C7H14O2S. The Bertz CT molecular complexity index is 112. The van der Waals surface area contributed by atoms with Crippen LogP contribution in [0.1, 0.15) is 20.3 Å². The number of hydrogen-bond acceptors (Lipinski definition) is 2. The van der Waals surface area contributed by atoms with Crippen LogP contribution in [0.5, 0.6) is 0 Å². The third kappa shape index (κ3) is 3.11. The maximum Gasteiger partial charge on any atom is 0.306 e. The van der Waals surface area contributed by atoms with Gasteiger partial charge in [-0.2, -0.15) is 12.6 Å². The van der Waals surface area contributed by atoms with Gasteiger partial charge in [-0.1, -0.05) is 13.8 Å². The fourth-order valence-electron chi connectivity index (χ4n) is 0.881. The average Bonchev–Trinajstić information content (AvgIpc) is 1.81. The normalized spacial score (nSPS) is 13.6. The van der Waals surface area contributed by atoms with E-state index in [0.29, 0.717) is 12.2 Å². The molecule has 0 rings (SSSR count). The summed E-state index contributed by atoms with van der Waals surface area (Å²) >= 11 is 3.99. The van der Waals surface area contributed by atoms with Crippen molar-refractivity contribution in [2.75, 3.05) is 5.75 Å². The van der Waals surface area contributed by atoms with Gasteiger partial charge in [0, 0.05) is 0 Å². The SMILES string of the molecule is CC(C)C(CCS)C(=O)O. The van der Waals surface area contributed by atoms with E-state index in [1.165, 1.54) is 0 Å². The molecule has 10 heavy (non-hydrogen) atoms. The smallest absolute Gasteiger partial charge is 0.306 e. The Hall–Kier alpha value is -0.180. The van der Waals surface area contributed by atoms with E-state index in [4.69, 9.17) is 5.11 Å². The summed E-state index contributed by atoms with van der Waals surface area (Å²) in [4.78, 5) is 10.5. The molecule has 3 heteroatoms. The summed E-state index contributed by atoms with van der Waals surface area (Å²) in [7, 11) is 0. The van der Waals surface area contributed by atoms with Crippen LogP contribution in [0.2, 0.25) is 0 Å². The molecular weight excluding hydrogens is 148 g/mol. The van der Waals surface area contributed by atoms with Crippen molar-refractivity contribution in [1.82, 2.24) is 0 Å². The Morgan fingerprint density at radius 3 is 2.20 bits per heavy atom. The Morgan fingerprint density at radius 2 is 2.10 bits per heavy atom. The van der Waals surface area contributed by atoms with Gasteiger partial charge in [-0.05, 0) is 18.1 Å². The highest BCUT2D eigenvalue weighted by atomic mass is 32.1. The fourth-order valence-corrected chi connectivity index (χ4v) is 1.16. The Kier molecular flexibility index (Phi) is 4.52. The number of carboxylic acids is 1. The predicted molar refractivity (Wildman–Crippen MR) is 44.4 cm³/mol. The van der Waals surface area contributed by atoms with Gasteiger partial charge in [0.15, 0.2) is 0 Å². The fraction of sp³-hybridized carbons (Fsp3) is 0.857. The standard InChI is InChI=1S/C7H14O2S/c1-5(2)6(3-4-10)7(8)9/h5-6,10H,3-4H2,1-2H3,(H,8,9). The number of aliphatic carboxylic acids is 1. The highest BCUT2D eigenvalue weighted by molar-refractivity contribution is 7.80. The van der Waals surface area contributed by atoms with E-state index < -0.39 is 5.97 Å². The van der Waals surface area contributed by atoms with Crippen molar-refractivity contribution in [1.29, 1.82) is 0 Å². The lowest BCUT2D eigenvalue weighted by Crippen LogP contribution is -2.19. The van der Waals surface area contributed by atoms with Crippen LogP contribution in [0.3, 0.4) is 0 Å². The molecule has 0 fully saturated rings. The molecule has 1 N–H and O–H groups in total. The van der Waals surface area contributed by atoms with Crippen molar-refractivity contribution < 1.29 is 9.90 Å². The van der Waals surface area contributed by atoms with Crippen molar-refractivity contribution in [2.24, 2.45) is 11.8 Å². The Balaban J connectivity index is 3.85. The van der Waals surface area contributed by atoms with Gasteiger partial charge in [-0.25, -0.2) is 0 Å². The maximum atomic E-state index is 10.5. The molecule has 0 aliphatic rings. The second-order valence-corrected chi connectivity index (χ2v) is 3.15. The number of carboxylic acid groups (broad SMARTS) is 1. The Morgan fingerprint density at radius 1 is 1.60 bits per heavy atom. The van der Waals surface area contributed by atoms with Gasteiger partial charge in [0.25, 0.3) is 0 Å². The molecule has 60 valence electrons. The molecule has 0 aromatic heterocycles. The summed E-state index contributed by atoms with van der Waals surface area (Å²) in [6.07, 6.45) is 0.663.